The number of alkyl halides is 3. The Balaban J connectivity index is 0.000000616. The fourth-order valence-corrected chi connectivity index (χ4v) is 4.97. The number of phenols is 1. The second-order valence-corrected chi connectivity index (χ2v) is 11.8. The predicted molar refractivity (Wildman–Crippen MR) is 152 cm³/mol. The SMILES string of the molecule is CC[N+](C)(C)CCOc1ccc2c(c1)CN(C(=O)c1ccc(O)c(Sc3ccc(C)c(C)c3)c1)C2.O=C([O-])C(F)(F)F. The van der Waals surface area contributed by atoms with Crippen LogP contribution in [0.25, 0.3) is 0 Å². The molecule has 1 aliphatic heterocycles. The number of ether oxygens (including phenoxy) is 1. The number of amides is 1. The predicted octanol–water partition coefficient (Wildman–Crippen LogP) is 5.09. The van der Waals surface area contributed by atoms with Gasteiger partial charge >= 0.3 is 6.18 Å². The first-order valence-corrected chi connectivity index (χ1v) is 14.1. The molecule has 11 heteroatoms. The largest absolute Gasteiger partial charge is 0.542 e. The molecule has 226 valence electrons. The molecule has 3 aromatic carbocycles. The summed E-state index contributed by atoms with van der Waals surface area (Å²) >= 11 is 1.47. The number of quaternary nitrogens is 1. The maximum Gasteiger partial charge on any atom is 0.430 e. The highest BCUT2D eigenvalue weighted by atomic mass is 32.2. The summed E-state index contributed by atoms with van der Waals surface area (Å²) in [6.45, 7) is 10.1. The Morgan fingerprint density at radius 1 is 1.00 bits per heavy atom. The number of benzene rings is 3. The molecule has 42 heavy (non-hydrogen) atoms. The van der Waals surface area contributed by atoms with E-state index in [1.165, 1.54) is 22.9 Å². The Bertz CT molecular complexity index is 1440. The van der Waals surface area contributed by atoms with Crippen molar-refractivity contribution in [3.8, 4) is 11.5 Å². The number of carbonyl (C=O) groups is 2. The highest BCUT2D eigenvalue weighted by molar-refractivity contribution is 7.99. The van der Waals surface area contributed by atoms with Crippen molar-refractivity contribution in [2.24, 2.45) is 0 Å². The second-order valence-electron chi connectivity index (χ2n) is 10.7. The lowest BCUT2D eigenvalue weighted by atomic mass is 10.1. The molecule has 3 aromatic rings. The van der Waals surface area contributed by atoms with Gasteiger partial charge in [0.15, 0.2) is 0 Å². The molecule has 0 spiro atoms. The highest BCUT2D eigenvalue weighted by Gasteiger charge is 2.29. The van der Waals surface area contributed by atoms with Crippen LogP contribution < -0.4 is 9.84 Å². The van der Waals surface area contributed by atoms with Crippen LogP contribution in [-0.2, 0) is 17.9 Å². The van der Waals surface area contributed by atoms with Crippen LogP contribution in [0, 0.1) is 13.8 Å². The van der Waals surface area contributed by atoms with Gasteiger partial charge in [0, 0.05) is 23.5 Å². The van der Waals surface area contributed by atoms with E-state index in [4.69, 9.17) is 14.6 Å². The third-order valence-corrected chi connectivity index (χ3v) is 8.19. The van der Waals surface area contributed by atoms with Crippen LogP contribution >= 0.6 is 11.8 Å². The van der Waals surface area contributed by atoms with Crippen molar-refractivity contribution < 1.29 is 42.2 Å². The van der Waals surface area contributed by atoms with Crippen molar-refractivity contribution in [2.45, 2.75) is 49.8 Å². The summed E-state index contributed by atoms with van der Waals surface area (Å²) in [5.41, 5.74) is 5.29. The average Bonchev–Trinajstić information content (AvgIpc) is 3.35. The summed E-state index contributed by atoms with van der Waals surface area (Å²) < 4.78 is 38.5. The van der Waals surface area contributed by atoms with Crippen LogP contribution in [0.1, 0.15) is 39.5 Å². The minimum Gasteiger partial charge on any atom is -0.542 e. The van der Waals surface area contributed by atoms with Crippen LogP contribution in [0.2, 0.25) is 0 Å². The molecular weight excluding hydrogens is 569 g/mol. The number of hydrogen-bond donors (Lipinski definition) is 1. The van der Waals surface area contributed by atoms with Gasteiger partial charge in [0.05, 0.1) is 25.5 Å². The maximum absolute atomic E-state index is 13.3. The number of carbonyl (C=O) groups excluding carboxylic acids is 2. The molecular formula is C31H35F3N2O5S. The lowest BCUT2D eigenvalue weighted by Gasteiger charge is -2.27. The molecule has 0 unspecified atom stereocenters. The van der Waals surface area contributed by atoms with Gasteiger partial charge < -0.3 is 29.1 Å². The summed E-state index contributed by atoms with van der Waals surface area (Å²) in [5, 5.41) is 19.2. The molecule has 1 amide bonds. The fraction of sp³-hybridized carbons (Fsp3) is 0.355. The van der Waals surface area contributed by atoms with E-state index in [2.05, 4.69) is 59.1 Å². The third-order valence-electron chi connectivity index (χ3n) is 7.15. The molecule has 0 aromatic heterocycles. The summed E-state index contributed by atoms with van der Waals surface area (Å²) in [6, 6.07) is 17.5. The second kappa shape index (κ2) is 13.5. The minimum absolute atomic E-state index is 0.0346. The van der Waals surface area contributed by atoms with E-state index in [1.807, 2.05) is 17.0 Å². The highest BCUT2D eigenvalue weighted by Crippen LogP contribution is 2.36. The van der Waals surface area contributed by atoms with Gasteiger partial charge in [-0.2, -0.15) is 13.2 Å². The van der Waals surface area contributed by atoms with Gasteiger partial charge in [0.25, 0.3) is 5.91 Å². The van der Waals surface area contributed by atoms with E-state index in [1.54, 1.807) is 18.2 Å². The van der Waals surface area contributed by atoms with E-state index in [9.17, 15) is 23.1 Å². The van der Waals surface area contributed by atoms with Crippen LogP contribution in [0.5, 0.6) is 11.5 Å². The van der Waals surface area contributed by atoms with Crippen LogP contribution in [0.4, 0.5) is 13.2 Å². The first-order chi connectivity index (χ1) is 19.6. The maximum atomic E-state index is 13.3. The van der Waals surface area contributed by atoms with Crippen molar-refractivity contribution in [1.29, 1.82) is 0 Å². The van der Waals surface area contributed by atoms with Gasteiger partial charge in [-0.25, -0.2) is 0 Å². The van der Waals surface area contributed by atoms with Crippen LogP contribution in [0.15, 0.2) is 64.4 Å². The average molecular weight is 605 g/mol. The molecule has 0 atom stereocenters. The van der Waals surface area contributed by atoms with Gasteiger partial charge in [0.2, 0.25) is 0 Å². The number of halogens is 3. The van der Waals surface area contributed by atoms with Gasteiger partial charge in [0.1, 0.15) is 30.6 Å². The lowest BCUT2D eigenvalue weighted by molar-refractivity contribution is -0.888. The number of aryl methyl sites for hydroxylation is 2. The number of carboxylic acids is 1. The molecule has 0 bridgehead atoms. The van der Waals surface area contributed by atoms with E-state index in [-0.39, 0.29) is 11.7 Å². The van der Waals surface area contributed by atoms with Crippen molar-refractivity contribution in [3.05, 3.63) is 82.4 Å². The quantitative estimate of drug-likeness (QED) is 0.361. The Kier molecular flexibility index (Phi) is 10.6. The van der Waals surface area contributed by atoms with E-state index in [0.717, 1.165) is 39.3 Å². The van der Waals surface area contributed by atoms with Crippen LogP contribution in [0.3, 0.4) is 0 Å². The third kappa shape index (κ3) is 8.90. The molecule has 1 heterocycles. The number of rotatable bonds is 8. The van der Waals surface area contributed by atoms with Crippen molar-refractivity contribution in [2.75, 3.05) is 33.8 Å². The number of likely N-dealkylation sites (N-methyl/N-ethyl adjacent to an activating group) is 1. The zero-order valence-corrected chi connectivity index (χ0v) is 25.1. The number of phenolic OH excluding ortho intramolecular Hbond substituents is 1. The van der Waals surface area contributed by atoms with Crippen molar-refractivity contribution in [1.82, 2.24) is 4.90 Å². The van der Waals surface area contributed by atoms with Crippen molar-refractivity contribution >= 4 is 23.6 Å². The standard InChI is InChI=1S/C29H34N2O3S.C2HF3O2/c1-6-31(4,5)13-14-34-25-10-8-23-18-30(19-24(23)16-25)29(33)22-9-12-27(32)28(17-22)35-26-11-7-20(2)21(3)15-26;3-2(4,5)1(6)7/h7-12,15-17H,6,13-14,18-19H2,1-5H3;(H,6,7). The summed E-state index contributed by atoms with van der Waals surface area (Å²) in [7, 11) is 4.40. The Hall–Kier alpha value is -3.70. The fourth-order valence-electron chi connectivity index (χ4n) is 3.99. The number of hydrogen-bond acceptors (Lipinski definition) is 6. The number of aromatic hydroxyl groups is 1. The summed E-state index contributed by atoms with van der Waals surface area (Å²) in [4.78, 5) is 25.7. The van der Waals surface area contributed by atoms with E-state index >= 15 is 0 Å². The molecule has 1 N–H and O–H groups in total. The summed E-state index contributed by atoms with van der Waals surface area (Å²) in [5.74, 6) is -2.01. The van der Waals surface area contributed by atoms with Crippen molar-refractivity contribution in [3.63, 3.8) is 0 Å². The number of nitrogens with zero attached hydrogens (tertiary/aromatic N) is 2. The number of carboxylic acid groups (broad SMARTS) is 1. The zero-order valence-electron chi connectivity index (χ0n) is 24.2. The van der Waals surface area contributed by atoms with Gasteiger partial charge in [-0.3, -0.25) is 4.79 Å². The molecule has 0 fully saturated rings. The first kappa shape index (κ1) is 32.8. The topological polar surface area (TPSA) is 89.9 Å². The zero-order chi connectivity index (χ0) is 31.2. The van der Waals surface area contributed by atoms with Gasteiger partial charge in [-0.15, -0.1) is 0 Å². The van der Waals surface area contributed by atoms with E-state index in [0.29, 0.717) is 30.2 Å². The normalized spacial score (nSPS) is 12.8. The lowest BCUT2D eigenvalue weighted by Crippen LogP contribution is -2.42. The Morgan fingerprint density at radius 3 is 2.29 bits per heavy atom. The van der Waals surface area contributed by atoms with Gasteiger partial charge in [-0.1, -0.05) is 23.9 Å². The van der Waals surface area contributed by atoms with Gasteiger partial charge in [-0.05, 0) is 85.5 Å². The molecule has 0 aliphatic carbocycles. The minimum atomic E-state index is -5.19. The monoisotopic (exact) mass is 604 g/mol. The Labute approximate surface area is 248 Å². The molecule has 7 nitrogen and oxygen atoms in total. The smallest absolute Gasteiger partial charge is 0.430 e. The molecule has 1 aliphatic rings. The molecule has 4 rings (SSSR count). The molecule has 0 saturated heterocycles. The Morgan fingerprint density at radius 2 is 1.67 bits per heavy atom. The first-order valence-electron chi connectivity index (χ1n) is 13.3. The number of fused-ring (bicyclic) bond motifs is 1. The van der Waals surface area contributed by atoms with Crippen LogP contribution in [-0.4, -0.2) is 66.3 Å². The molecule has 0 saturated carbocycles. The molecule has 0 radical (unpaired) electrons. The number of aliphatic carboxylic acids is 1. The van der Waals surface area contributed by atoms with E-state index < -0.39 is 12.1 Å². The summed E-state index contributed by atoms with van der Waals surface area (Å²) in [6.07, 6.45) is -5.19.